The lowest BCUT2D eigenvalue weighted by molar-refractivity contribution is 0.0644. The summed E-state index contributed by atoms with van der Waals surface area (Å²) in [6, 6.07) is 1.43. The monoisotopic (exact) mass is 230 g/mol. The quantitative estimate of drug-likeness (QED) is 0.707. The third-order valence-electron chi connectivity index (χ3n) is 3.73. The molecule has 0 radical (unpaired) electrons. The Morgan fingerprint density at radius 2 is 2.20 bits per heavy atom. The fourth-order valence-electron chi connectivity index (χ4n) is 2.81. The van der Waals surface area contributed by atoms with E-state index in [4.69, 9.17) is 0 Å². The van der Waals surface area contributed by atoms with Gasteiger partial charge in [-0.1, -0.05) is 0 Å². The average molecular weight is 230 g/mol. The Kier molecular flexibility index (Phi) is 3.80. The number of hydrogen-bond donors (Lipinski definition) is 0. The van der Waals surface area contributed by atoms with Crippen molar-refractivity contribution in [3.8, 4) is 0 Å². The van der Waals surface area contributed by atoms with E-state index in [0.717, 1.165) is 18.3 Å². The lowest BCUT2D eigenvalue weighted by Crippen LogP contribution is -2.55. The maximum atomic E-state index is 11.1. The Bertz CT molecular complexity index is 247. The molecule has 0 spiro atoms. The average Bonchev–Trinajstić information content (AvgIpc) is 2.60. The van der Waals surface area contributed by atoms with E-state index in [1.807, 2.05) is 0 Å². The summed E-state index contributed by atoms with van der Waals surface area (Å²) in [5.74, 6) is 0.830. The Labute approximate surface area is 95.3 Å². The van der Waals surface area contributed by atoms with Crippen LogP contribution in [0.2, 0.25) is 0 Å². The second-order valence-electron chi connectivity index (χ2n) is 4.91. The lowest BCUT2D eigenvalue weighted by Gasteiger charge is -2.42. The molecular weight excluding hydrogens is 208 g/mol. The van der Waals surface area contributed by atoms with Crippen molar-refractivity contribution in [2.45, 2.75) is 31.8 Å². The summed E-state index contributed by atoms with van der Waals surface area (Å²) in [7, 11) is -0.644. The van der Waals surface area contributed by atoms with Crippen LogP contribution in [0.5, 0.6) is 0 Å². The van der Waals surface area contributed by atoms with Crippen LogP contribution in [0.25, 0.3) is 0 Å². The molecule has 0 saturated carbocycles. The Balaban J connectivity index is 1.86. The first kappa shape index (κ1) is 11.6. The Morgan fingerprint density at radius 1 is 1.40 bits per heavy atom. The second kappa shape index (κ2) is 4.93. The van der Waals surface area contributed by atoms with Gasteiger partial charge >= 0.3 is 0 Å². The molecule has 0 aromatic carbocycles. The van der Waals surface area contributed by atoms with Gasteiger partial charge in [-0.25, -0.2) is 0 Å². The summed E-state index contributed by atoms with van der Waals surface area (Å²) in [5.41, 5.74) is 0. The van der Waals surface area contributed by atoms with Crippen molar-refractivity contribution in [1.82, 2.24) is 9.80 Å². The molecule has 0 aliphatic carbocycles. The van der Waals surface area contributed by atoms with Crippen LogP contribution in [-0.4, -0.2) is 64.3 Å². The van der Waals surface area contributed by atoms with Crippen LogP contribution in [0.1, 0.15) is 19.8 Å². The predicted molar refractivity (Wildman–Crippen MR) is 64.6 cm³/mol. The first-order valence-electron chi connectivity index (χ1n) is 5.95. The van der Waals surface area contributed by atoms with E-state index in [-0.39, 0.29) is 0 Å². The van der Waals surface area contributed by atoms with Crippen LogP contribution in [0, 0.1) is 0 Å². The summed E-state index contributed by atoms with van der Waals surface area (Å²) in [6.07, 6.45) is 4.53. The molecule has 2 rings (SSSR count). The zero-order valence-electron chi connectivity index (χ0n) is 9.82. The Morgan fingerprint density at radius 3 is 2.93 bits per heavy atom. The molecule has 2 aliphatic rings. The molecule has 0 amide bonds. The van der Waals surface area contributed by atoms with E-state index >= 15 is 0 Å². The standard InChI is InChI=1S/C11H22N2OS/c1-10-8-13-5-3-4-11(13)9-12(10)6-7-15(2)14/h10-11H,3-9H2,1-2H3. The normalized spacial score (nSPS) is 35.3. The molecule has 0 aromatic rings. The molecule has 4 heteroatoms. The molecule has 2 fully saturated rings. The summed E-state index contributed by atoms with van der Waals surface area (Å²) in [4.78, 5) is 5.15. The predicted octanol–water partition coefficient (Wildman–Crippen LogP) is 0.533. The largest absolute Gasteiger partial charge is 0.298 e. The van der Waals surface area contributed by atoms with Crippen LogP contribution in [-0.2, 0) is 10.8 Å². The highest BCUT2D eigenvalue weighted by atomic mass is 32.2. The molecular formula is C11H22N2OS. The van der Waals surface area contributed by atoms with Gasteiger partial charge in [-0.3, -0.25) is 14.0 Å². The lowest BCUT2D eigenvalue weighted by atomic mass is 10.1. The first-order chi connectivity index (χ1) is 7.16. The van der Waals surface area contributed by atoms with Crippen molar-refractivity contribution >= 4 is 10.8 Å². The van der Waals surface area contributed by atoms with Gasteiger partial charge in [-0.15, -0.1) is 0 Å². The molecule has 88 valence electrons. The minimum Gasteiger partial charge on any atom is -0.298 e. The van der Waals surface area contributed by atoms with E-state index in [1.165, 1.54) is 32.5 Å². The molecule has 0 N–H and O–H groups in total. The molecule has 0 bridgehead atoms. The van der Waals surface area contributed by atoms with Gasteiger partial charge in [0, 0.05) is 54.5 Å². The van der Waals surface area contributed by atoms with E-state index in [1.54, 1.807) is 6.26 Å². The van der Waals surface area contributed by atoms with Gasteiger partial charge in [0.15, 0.2) is 0 Å². The van der Waals surface area contributed by atoms with Crippen molar-refractivity contribution in [1.29, 1.82) is 0 Å². The molecule has 3 unspecified atom stereocenters. The molecule has 3 nitrogen and oxygen atoms in total. The smallest absolute Gasteiger partial charge is 0.0359 e. The van der Waals surface area contributed by atoms with Gasteiger partial charge < -0.3 is 0 Å². The maximum Gasteiger partial charge on any atom is 0.0359 e. The van der Waals surface area contributed by atoms with Crippen molar-refractivity contribution in [2.24, 2.45) is 0 Å². The highest BCUT2D eigenvalue weighted by Crippen LogP contribution is 2.24. The topological polar surface area (TPSA) is 23.6 Å². The van der Waals surface area contributed by atoms with Gasteiger partial charge in [0.2, 0.25) is 0 Å². The fourth-order valence-corrected chi connectivity index (χ4v) is 3.30. The minimum atomic E-state index is -0.644. The summed E-state index contributed by atoms with van der Waals surface area (Å²) < 4.78 is 11.1. The Hall–Kier alpha value is 0.0700. The van der Waals surface area contributed by atoms with Crippen molar-refractivity contribution in [3.05, 3.63) is 0 Å². The maximum absolute atomic E-state index is 11.1. The number of rotatable bonds is 3. The van der Waals surface area contributed by atoms with E-state index in [2.05, 4.69) is 16.7 Å². The molecule has 2 saturated heterocycles. The molecule has 2 heterocycles. The molecule has 2 aliphatic heterocycles. The molecule has 0 aromatic heterocycles. The van der Waals surface area contributed by atoms with Crippen LogP contribution >= 0.6 is 0 Å². The summed E-state index contributed by atoms with van der Waals surface area (Å²) in [5, 5.41) is 0. The zero-order chi connectivity index (χ0) is 10.8. The van der Waals surface area contributed by atoms with Gasteiger partial charge in [-0.05, 0) is 26.3 Å². The first-order valence-corrected chi connectivity index (χ1v) is 7.67. The van der Waals surface area contributed by atoms with Crippen LogP contribution in [0.15, 0.2) is 0 Å². The zero-order valence-corrected chi connectivity index (χ0v) is 10.6. The van der Waals surface area contributed by atoms with Gasteiger partial charge in [-0.2, -0.15) is 0 Å². The number of piperazine rings is 1. The van der Waals surface area contributed by atoms with Gasteiger partial charge in [0.1, 0.15) is 0 Å². The highest BCUT2D eigenvalue weighted by Gasteiger charge is 2.33. The van der Waals surface area contributed by atoms with Gasteiger partial charge in [0.05, 0.1) is 0 Å². The van der Waals surface area contributed by atoms with Crippen LogP contribution < -0.4 is 0 Å². The number of nitrogens with zero attached hydrogens (tertiary/aromatic N) is 2. The third-order valence-corrected chi connectivity index (χ3v) is 4.49. The van der Waals surface area contributed by atoms with Crippen molar-refractivity contribution in [2.75, 3.05) is 38.2 Å². The number of hydrogen-bond acceptors (Lipinski definition) is 3. The molecule has 15 heavy (non-hydrogen) atoms. The van der Waals surface area contributed by atoms with E-state index < -0.39 is 10.8 Å². The summed E-state index contributed by atoms with van der Waals surface area (Å²) in [6.45, 7) is 7.00. The van der Waals surface area contributed by atoms with Crippen molar-refractivity contribution < 1.29 is 4.21 Å². The van der Waals surface area contributed by atoms with Gasteiger partial charge in [0.25, 0.3) is 0 Å². The fraction of sp³-hybridized carbons (Fsp3) is 1.00. The minimum absolute atomic E-state index is 0.642. The summed E-state index contributed by atoms with van der Waals surface area (Å²) >= 11 is 0. The third kappa shape index (κ3) is 2.80. The molecule has 3 atom stereocenters. The van der Waals surface area contributed by atoms with Crippen LogP contribution in [0.3, 0.4) is 0 Å². The SMILES string of the molecule is CC1CN2CCCC2CN1CCS(C)=O. The van der Waals surface area contributed by atoms with E-state index in [0.29, 0.717) is 6.04 Å². The van der Waals surface area contributed by atoms with Crippen molar-refractivity contribution in [3.63, 3.8) is 0 Å². The van der Waals surface area contributed by atoms with Crippen LogP contribution in [0.4, 0.5) is 0 Å². The van der Waals surface area contributed by atoms with E-state index in [9.17, 15) is 4.21 Å². The number of fused-ring (bicyclic) bond motifs is 1. The second-order valence-corrected chi connectivity index (χ2v) is 6.47. The highest BCUT2D eigenvalue weighted by molar-refractivity contribution is 7.84.